The van der Waals surface area contributed by atoms with Gasteiger partial charge in [-0.2, -0.15) is 11.3 Å². The lowest BCUT2D eigenvalue weighted by Gasteiger charge is -2.35. The van der Waals surface area contributed by atoms with Crippen molar-refractivity contribution in [1.29, 1.82) is 0 Å². The Morgan fingerprint density at radius 3 is 2.74 bits per heavy atom. The van der Waals surface area contributed by atoms with Crippen molar-refractivity contribution in [2.24, 2.45) is 0 Å². The standard InChI is InChI=1S/C17H20ClFN2OS/c1-2-22-17-14(18)9-13(10-15(17)19)16(12-3-8-23-11-12)21-6-4-20-5-7-21/h3,8-11,16,20H,2,4-7H2,1H3/t16-/m1/s1. The molecule has 0 radical (unpaired) electrons. The minimum Gasteiger partial charge on any atom is -0.489 e. The fraction of sp³-hybridized carbons (Fsp3) is 0.412. The second-order valence-electron chi connectivity index (χ2n) is 5.49. The Hall–Kier alpha value is -1.14. The molecule has 2 aromatic rings. The maximum Gasteiger partial charge on any atom is 0.173 e. The van der Waals surface area contributed by atoms with E-state index >= 15 is 0 Å². The molecule has 2 heterocycles. The summed E-state index contributed by atoms with van der Waals surface area (Å²) in [4.78, 5) is 2.37. The summed E-state index contributed by atoms with van der Waals surface area (Å²) in [5.41, 5.74) is 2.05. The zero-order valence-corrected chi connectivity index (χ0v) is 14.6. The third kappa shape index (κ3) is 3.69. The summed E-state index contributed by atoms with van der Waals surface area (Å²) >= 11 is 7.92. The van der Waals surface area contributed by atoms with E-state index in [0.29, 0.717) is 11.6 Å². The van der Waals surface area contributed by atoms with Crippen LogP contribution in [0.2, 0.25) is 5.02 Å². The highest BCUT2D eigenvalue weighted by Crippen LogP contribution is 2.36. The maximum absolute atomic E-state index is 14.4. The van der Waals surface area contributed by atoms with Gasteiger partial charge < -0.3 is 10.1 Å². The highest BCUT2D eigenvalue weighted by atomic mass is 35.5. The number of rotatable bonds is 5. The zero-order chi connectivity index (χ0) is 16.2. The summed E-state index contributed by atoms with van der Waals surface area (Å²) in [5.74, 6) is -0.257. The van der Waals surface area contributed by atoms with E-state index in [1.54, 1.807) is 17.4 Å². The zero-order valence-electron chi connectivity index (χ0n) is 13.0. The molecular weight excluding hydrogens is 335 g/mol. The van der Waals surface area contributed by atoms with Crippen LogP contribution in [0.1, 0.15) is 24.1 Å². The van der Waals surface area contributed by atoms with Crippen LogP contribution in [-0.4, -0.2) is 37.7 Å². The molecule has 1 N–H and O–H groups in total. The van der Waals surface area contributed by atoms with Gasteiger partial charge in [-0.3, -0.25) is 4.90 Å². The van der Waals surface area contributed by atoms with Gasteiger partial charge in [0.2, 0.25) is 0 Å². The van der Waals surface area contributed by atoms with Crippen molar-refractivity contribution in [2.45, 2.75) is 13.0 Å². The van der Waals surface area contributed by atoms with Gasteiger partial charge in [0.25, 0.3) is 0 Å². The Balaban J connectivity index is 1.99. The first kappa shape index (κ1) is 16.7. The van der Waals surface area contributed by atoms with E-state index in [0.717, 1.165) is 31.7 Å². The number of hydrogen-bond donors (Lipinski definition) is 1. The van der Waals surface area contributed by atoms with Crippen LogP contribution >= 0.6 is 22.9 Å². The van der Waals surface area contributed by atoms with Crippen molar-refractivity contribution in [3.05, 3.63) is 50.9 Å². The van der Waals surface area contributed by atoms with Crippen LogP contribution in [0.15, 0.2) is 29.0 Å². The molecule has 0 saturated carbocycles. The van der Waals surface area contributed by atoms with Gasteiger partial charge in [0.15, 0.2) is 11.6 Å². The second kappa shape index (κ2) is 7.62. The molecule has 0 aliphatic carbocycles. The lowest BCUT2D eigenvalue weighted by atomic mass is 9.98. The number of hydrogen-bond acceptors (Lipinski definition) is 4. The molecule has 124 valence electrons. The molecular formula is C17H20ClFN2OS. The van der Waals surface area contributed by atoms with Crippen LogP contribution in [0.5, 0.6) is 5.75 Å². The third-order valence-corrected chi connectivity index (χ3v) is 4.98. The Morgan fingerprint density at radius 1 is 1.35 bits per heavy atom. The lowest BCUT2D eigenvalue weighted by molar-refractivity contribution is 0.198. The quantitative estimate of drug-likeness (QED) is 0.880. The molecule has 1 saturated heterocycles. The number of halogens is 2. The van der Waals surface area contributed by atoms with Crippen LogP contribution in [0.25, 0.3) is 0 Å². The summed E-state index contributed by atoms with van der Waals surface area (Å²) in [6.45, 7) is 5.93. The van der Waals surface area contributed by atoms with Crippen molar-refractivity contribution in [2.75, 3.05) is 32.8 Å². The summed E-state index contributed by atoms with van der Waals surface area (Å²) in [5, 5.41) is 7.86. The van der Waals surface area contributed by atoms with Crippen LogP contribution < -0.4 is 10.1 Å². The first-order valence-electron chi connectivity index (χ1n) is 7.79. The molecule has 0 spiro atoms. The van der Waals surface area contributed by atoms with Crippen LogP contribution in [0, 0.1) is 5.82 Å². The van der Waals surface area contributed by atoms with Crippen LogP contribution in [0.4, 0.5) is 4.39 Å². The SMILES string of the molecule is CCOc1c(F)cc([C@@H](c2ccsc2)N2CCNCC2)cc1Cl. The number of nitrogens with zero attached hydrogens (tertiary/aromatic N) is 1. The molecule has 1 aromatic heterocycles. The second-order valence-corrected chi connectivity index (χ2v) is 6.68. The number of ether oxygens (including phenoxy) is 1. The van der Waals surface area contributed by atoms with Crippen molar-refractivity contribution < 1.29 is 9.13 Å². The predicted molar refractivity (Wildman–Crippen MR) is 93.2 cm³/mol. The normalized spacial score (nSPS) is 17.2. The van der Waals surface area contributed by atoms with Crippen molar-refractivity contribution in [3.8, 4) is 5.75 Å². The molecule has 1 aliphatic heterocycles. The molecule has 1 fully saturated rings. The van der Waals surface area contributed by atoms with Crippen molar-refractivity contribution in [3.63, 3.8) is 0 Å². The predicted octanol–water partition coefficient (Wildman–Crippen LogP) is 3.93. The van der Waals surface area contributed by atoms with Crippen molar-refractivity contribution >= 4 is 22.9 Å². The van der Waals surface area contributed by atoms with Crippen LogP contribution in [0.3, 0.4) is 0 Å². The summed E-state index contributed by atoms with van der Waals surface area (Å²) in [7, 11) is 0. The monoisotopic (exact) mass is 354 g/mol. The van der Waals surface area contributed by atoms with Gasteiger partial charge in [0, 0.05) is 26.2 Å². The average molecular weight is 355 g/mol. The van der Waals surface area contributed by atoms with Crippen LogP contribution in [-0.2, 0) is 0 Å². The Labute approximate surface area is 145 Å². The van der Waals surface area contributed by atoms with E-state index in [1.807, 2.05) is 13.0 Å². The Morgan fingerprint density at radius 2 is 2.13 bits per heavy atom. The first-order valence-corrected chi connectivity index (χ1v) is 9.11. The largest absolute Gasteiger partial charge is 0.489 e. The van der Waals surface area contributed by atoms with Gasteiger partial charge in [-0.25, -0.2) is 4.39 Å². The number of thiophene rings is 1. The van der Waals surface area contributed by atoms with E-state index in [2.05, 4.69) is 27.0 Å². The minimum absolute atomic E-state index is 0.0195. The van der Waals surface area contributed by atoms with Gasteiger partial charge in [0.1, 0.15) is 0 Å². The number of nitrogens with one attached hydrogen (secondary N) is 1. The molecule has 3 rings (SSSR count). The molecule has 23 heavy (non-hydrogen) atoms. The Bertz CT molecular complexity index is 621. The molecule has 3 nitrogen and oxygen atoms in total. The fourth-order valence-corrected chi connectivity index (χ4v) is 3.95. The fourth-order valence-electron chi connectivity index (χ4n) is 3.00. The number of piperazine rings is 1. The van der Waals surface area contributed by atoms with Gasteiger partial charge in [-0.15, -0.1) is 0 Å². The van der Waals surface area contributed by atoms with Gasteiger partial charge >= 0.3 is 0 Å². The molecule has 0 unspecified atom stereocenters. The summed E-state index contributed by atoms with van der Waals surface area (Å²) in [6, 6.07) is 5.51. The van der Waals surface area contributed by atoms with E-state index in [9.17, 15) is 4.39 Å². The smallest absolute Gasteiger partial charge is 0.173 e. The summed E-state index contributed by atoms with van der Waals surface area (Å²) in [6.07, 6.45) is 0. The van der Waals surface area contributed by atoms with E-state index < -0.39 is 5.82 Å². The molecule has 1 aliphatic rings. The molecule has 1 aromatic carbocycles. The highest BCUT2D eigenvalue weighted by Gasteiger charge is 2.26. The average Bonchev–Trinajstić information content (AvgIpc) is 3.06. The first-order chi connectivity index (χ1) is 11.2. The van der Waals surface area contributed by atoms with E-state index in [1.165, 1.54) is 5.56 Å². The van der Waals surface area contributed by atoms with E-state index in [4.69, 9.17) is 16.3 Å². The van der Waals surface area contributed by atoms with Gasteiger partial charge in [-0.05, 0) is 47.0 Å². The maximum atomic E-state index is 14.4. The molecule has 0 bridgehead atoms. The molecule has 6 heteroatoms. The number of benzene rings is 1. The molecule has 0 amide bonds. The van der Waals surface area contributed by atoms with Gasteiger partial charge in [0.05, 0.1) is 17.7 Å². The Kier molecular flexibility index (Phi) is 5.54. The van der Waals surface area contributed by atoms with Gasteiger partial charge in [-0.1, -0.05) is 11.6 Å². The lowest BCUT2D eigenvalue weighted by Crippen LogP contribution is -2.45. The van der Waals surface area contributed by atoms with E-state index in [-0.39, 0.29) is 11.8 Å². The summed E-state index contributed by atoms with van der Waals surface area (Å²) < 4.78 is 19.7. The third-order valence-electron chi connectivity index (χ3n) is 4.00. The topological polar surface area (TPSA) is 24.5 Å². The highest BCUT2D eigenvalue weighted by molar-refractivity contribution is 7.08. The molecule has 1 atom stereocenters. The minimum atomic E-state index is -0.398. The van der Waals surface area contributed by atoms with Crippen molar-refractivity contribution in [1.82, 2.24) is 10.2 Å².